The zero-order valence-electron chi connectivity index (χ0n) is 27.0. The van der Waals surface area contributed by atoms with Gasteiger partial charge in [0.25, 0.3) is 11.5 Å². The molecule has 0 unspecified atom stereocenters. The molecule has 0 saturated heterocycles. The smallest absolute Gasteiger partial charge is 0.271 e. The second-order valence-corrected chi connectivity index (χ2v) is 13.2. The average Bonchev–Trinajstić information content (AvgIpc) is 3.38. The Morgan fingerprint density at radius 1 is 0.938 bits per heavy atom. The maximum Gasteiger partial charge on any atom is 0.271 e. The highest BCUT2D eigenvalue weighted by molar-refractivity contribution is 9.10. The normalized spacial score (nSPS) is 14.3. The summed E-state index contributed by atoms with van der Waals surface area (Å²) in [5, 5.41) is 2.98. The van der Waals surface area contributed by atoms with Gasteiger partial charge in [0.2, 0.25) is 0 Å². The summed E-state index contributed by atoms with van der Waals surface area (Å²) in [4.78, 5) is 33.1. The van der Waals surface area contributed by atoms with E-state index in [0.717, 1.165) is 16.9 Å². The number of benzene rings is 4. The van der Waals surface area contributed by atoms with Gasteiger partial charge < -0.3 is 19.5 Å². The van der Waals surface area contributed by atoms with Crippen molar-refractivity contribution in [3.63, 3.8) is 0 Å². The molecule has 1 amide bonds. The minimum Gasteiger partial charge on any atom is -0.493 e. The summed E-state index contributed by atoms with van der Waals surface area (Å²) >= 11 is 4.90. The first-order chi connectivity index (χ1) is 23.2. The highest BCUT2D eigenvalue weighted by Crippen LogP contribution is 2.37. The SMILES string of the molecule is COc1cc(/C=c2\sc3n(c2=O)[C@H](c2ccccc2)C(C(=O)Nc2ccccc2)=C(C)N=3)cc(Br)c1OCCOc1ccc(C)c(C)c1. The van der Waals surface area contributed by atoms with Crippen LogP contribution in [0.3, 0.4) is 0 Å². The van der Waals surface area contributed by atoms with Crippen LogP contribution in [0.15, 0.2) is 117 Å². The zero-order valence-corrected chi connectivity index (χ0v) is 29.4. The Morgan fingerprint density at radius 3 is 2.35 bits per heavy atom. The van der Waals surface area contributed by atoms with Crippen molar-refractivity contribution in [3.8, 4) is 17.2 Å². The van der Waals surface area contributed by atoms with Crippen molar-refractivity contribution < 1.29 is 19.0 Å². The lowest BCUT2D eigenvalue weighted by atomic mass is 9.95. The number of rotatable bonds is 10. The molecule has 1 atom stereocenters. The fraction of sp³-hybridized carbons (Fsp3) is 0.184. The fourth-order valence-corrected chi connectivity index (χ4v) is 7.12. The van der Waals surface area contributed by atoms with Crippen molar-refractivity contribution in [1.82, 2.24) is 4.57 Å². The van der Waals surface area contributed by atoms with Crippen molar-refractivity contribution >= 4 is 44.9 Å². The third-order valence-corrected chi connectivity index (χ3v) is 9.61. The Bertz CT molecular complexity index is 2190. The molecule has 0 bridgehead atoms. The van der Waals surface area contributed by atoms with Crippen LogP contribution in [0.1, 0.15) is 35.2 Å². The topological polar surface area (TPSA) is 91.2 Å². The molecule has 10 heteroatoms. The first kappa shape index (κ1) is 33.0. The predicted octanol–water partition coefficient (Wildman–Crippen LogP) is 6.72. The number of allylic oxidation sites excluding steroid dienone is 1. The Labute approximate surface area is 290 Å². The van der Waals surface area contributed by atoms with Crippen molar-refractivity contribution in [1.29, 1.82) is 0 Å². The minimum absolute atomic E-state index is 0.246. The quantitative estimate of drug-likeness (QED) is 0.162. The van der Waals surface area contributed by atoms with Gasteiger partial charge >= 0.3 is 0 Å². The number of nitrogens with zero attached hydrogens (tertiary/aromatic N) is 2. The van der Waals surface area contributed by atoms with Crippen molar-refractivity contribution in [2.24, 2.45) is 4.99 Å². The van der Waals surface area contributed by atoms with Gasteiger partial charge in [-0.1, -0.05) is 65.9 Å². The molecule has 0 radical (unpaired) electrons. The predicted molar refractivity (Wildman–Crippen MR) is 193 cm³/mol. The lowest BCUT2D eigenvalue weighted by Crippen LogP contribution is -2.40. The average molecular weight is 725 g/mol. The monoisotopic (exact) mass is 723 g/mol. The van der Waals surface area contributed by atoms with Crippen molar-refractivity contribution in [2.75, 3.05) is 25.6 Å². The number of hydrogen-bond acceptors (Lipinski definition) is 7. The summed E-state index contributed by atoms with van der Waals surface area (Å²) in [7, 11) is 1.57. The Hall–Kier alpha value is -4.93. The molecule has 1 aromatic heterocycles. The van der Waals surface area contributed by atoms with Gasteiger partial charge in [0, 0.05) is 5.69 Å². The molecule has 1 aliphatic heterocycles. The zero-order chi connectivity index (χ0) is 33.8. The van der Waals surface area contributed by atoms with Crippen LogP contribution in [-0.4, -0.2) is 30.8 Å². The van der Waals surface area contributed by atoms with E-state index in [1.807, 2.05) is 91.0 Å². The molecule has 4 aromatic carbocycles. The number of hydrogen-bond donors (Lipinski definition) is 1. The molecule has 0 fully saturated rings. The molecule has 244 valence electrons. The summed E-state index contributed by atoms with van der Waals surface area (Å²) in [6, 6.07) is 27.8. The summed E-state index contributed by atoms with van der Waals surface area (Å²) in [5.74, 6) is 1.52. The molecule has 6 rings (SSSR count). The second kappa shape index (κ2) is 14.5. The standard InChI is InChI=1S/C38H34BrN3O5S/c1-23-15-16-29(19-24(23)2)46-17-18-47-35-30(39)20-26(21-31(35)45-4)22-32-37(44)42-34(27-11-7-5-8-12-27)33(25(3)40-38(42)48-32)36(43)41-28-13-9-6-10-14-28/h5-16,19-22,34H,17-18H2,1-4H3,(H,41,43)/b32-22-/t34-/m1/s1. The minimum atomic E-state index is -0.656. The number of halogens is 1. The van der Waals surface area contributed by atoms with Gasteiger partial charge in [-0.3, -0.25) is 14.2 Å². The van der Waals surface area contributed by atoms with Gasteiger partial charge in [-0.2, -0.15) is 0 Å². The Morgan fingerprint density at radius 2 is 1.65 bits per heavy atom. The third kappa shape index (κ3) is 7.00. The van der Waals surface area contributed by atoms with E-state index in [-0.39, 0.29) is 11.5 Å². The molecule has 2 heterocycles. The van der Waals surface area contributed by atoms with Crippen LogP contribution in [-0.2, 0) is 4.79 Å². The number of carbonyl (C=O) groups excluding carboxylic acids is 1. The number of methoxy groups -OCH3 is 1. The number of carbonyl (C=O) groups is 1. The van der Waals surface area contributed by atoms with Crippen LogP contribution in [0.25, 0.3) is 6.08 Å². The lowest BCUT2D eigenvalue weighted by molar-refractivity contribution is -0.113. The van der Waals surface area contributed by atoms with E-state index >= 15 is 0 Å². The molecule has 5 aromatic rings. The first-order valence-corrected chi connectivity index (χ1v) is 17.0. The highest BCUT2D eigenvalue weighted by atomic mass is 79.9. The fourth-order valence-electron chi connectivity index (χ4n) is 5.50. The number of anilines is 1. The summed E-state index contributed by atoms with van der Waals surface area (Å²) < 4.78 is 20.3. The van der Waals surface area contributed by atoms with E-state index in [1.54, 1.807) is 24.7 Å². The molecule has 8 nitrogen and oxygen atoms in total. The first-order valence-electron chi connectivity index (χ1n) is 15.4. The molecule has 0 saturated carbocycles. The van der Waals surface area contributed by atoms with E-state index in [2.05, 4.69) is 35.1 Å². The van der Waals surface area contributed by atoms with Gasteiger partial charge in [-0.05, 0) is 101 Å². The Balaban J connectivity index is 1.30. The largest absolute Gasteiger partial charge is 0.493 e. The number of ether oxygens (including phenoxy) is 3. The second-order valence-electron chi connectivity index (χ2n) is 11.3. The Kier molecular flexibility index (Phi) is 9.93. The molecular weight excluding hydrogens is 690 g/mol. The number of thiazole rings is 1. The van der Waals surface area contributed by atoms with Crippen LogP contribution in [0.5, 0.6) is 17.2 Å². The summed E-state index contributed by atoms with van der Waals surface area (Å²) in [6.45, 7) is 6.58. The van der Waals surface area contributed by atoms with Crippen molar-refractivity contribution in [2.45, 2.75) is 26.8 Å². The highest BCUT2D eigenvalue weighted by Gasteiger charge is 2.32. The van der Waals surface area contributed by atoms with Crippen LogP contribution in [0.4, 0.5) is 5.69 Å². The van der Waals surface area contributed by atoms with Crippen molar-refractivity contribution in [3.05, 3.63) is 149 Å². The van der Waals surface area contributed by atoms with Gasteiger partial charge in [-0.25, -0.2) is 4.99 Å². The van der Waals surface area contributed by atoms with Crippen LogP contribution < -0.4 is 34.4 Å². The molecule has 1 N–H and O–H groups in total. The molecular formula is C38H34BrN3O5S. The van der Waals surface area contributed by atoms with E-state index in [1.165, 1.54) is 22.5 Å². The van der Waals surface area contributed by atoms with Gasteiger partial charge in [0.1, 0.15) is 19.0 Å². The third-order valence-electron chi connectivity index (χ3n) is 8.04. The number of para-hydroxylation sites is 1. The van der Waals surface area contributed by atoms with Crippen LogP contribution >= 0.6 is 27.3 Å². The summed E-state index contributed by atoms with van der Waals surface area (Å²) in [6.07, 6.45) is 1.80. The van der Waals surface area contributed by atoms with Gasteiger partial charge in [0.05, 0.1) is 33.4 Å². The number of amides is 1. The molecule has 1 aliphatic rings. The van der Waals surface area contributed by atoms with E-state index < -0.39 is 6.04 Å². The van der Waals surface area contributed by atoms with Gasteiger partial charge in [0.15, 0.2) is 16.3 Å². The van der Waals surface area contributed by atoms with Crippen LogP contribution in [0.2, 0.25) is 0 Å². The number of aryl methyl sites for hydroxylation is 2. The van der Waals surface area contributed by atoms with E-state index in [0.29, 0.717) is 55.5 Å². The number of aromatic nitrogens is 1. The summed E-state index contributed by atoms with van der Waals surface area (Å²) in [5.41, 5.74) is 5.30. The molecule has 0 aliphatic carbocycles. The van der Waals surface area contributed by atoms with E-state index in [9.17, 15) is 9.59 Å². The van der Waals surface area contributed by atoms with Crippen LogP contribution in [0, 0.1) is 13.8 Å². The maximum absolute atomic E-state index is 14.1. The molecule has 48 heavy (non-hydrogen) atoms. The maximum atomic E-state index is 14.1. The number of fused-ring (bicyclic) bond motifs is 1. The van der Waals surface area contributed by atoms with Gasteiger partial charge in [-0.15, -0.1) is 0 Å². The van der Waals surface area contributed by atoms with E-state index in [4.69, 9.17) is 19.2 Å². The number of nitrogens with one attached hydrogen (secondary N) is 1. The lowest BCUT2D eigenvalue weighted by Gasteiger charge is -2.25. The molecule has 0 spiro atoms.